The molecule has 1 atom stereocenters. The van der Waals surface area contributed by atoms with E-state index in [-0.39, 0.29) is 19.3 Å². The van der Waals surface area contributed by atoms with Crippen molar-refractivity contribution in [3.05, 3.63) is 0 Å². The number of nitrogens with zero attached hydrogens (tertiary/aromatic N) is 2. The average molecular weight is 156 g/mol. The van der Waals surface area contributed by atoms with Crippen molar-refractivity contribution in [1.29, 1.82) is 5.26 Å². The number of carbonyl (C=O) groups excluding carboxylic acids is 1. The van der Waals surface area contributed by atoms with E-state index in [4.69, 9.17) is 10.4 Å². The summed E-state index contributed by atoms with van der Waals surface area (Å²) in [5, 5.41) is 16.6. The van der Waals surface area contributed by atoms with Crippen molar-refractivity contribution in [2.45, 2.75) is 6.04 Å². The lowest BCUT2D eigenvalue weighted by Crippen LogP contribution is -2.16. The van der Waals surface area contributed by atoms with Crippen LogP contribution in [0.2, 0.25) is 0 Å². The number of aliphatic hydroxyl groups excluding tert-OH is 1. The van der Waals surface area contributed by atoms with Crippen LogP contribution in [0, 0.1) is 11.3 Å². The van der Waals surface area contributed by atoms with Gasteiger partial charge in [0.25, 0.3) is 0 Å². The number of hydrogen-bond donors (Lipinski definition) is 1. The monoisotopic (exact) mass is 156 g/mol. The highest BCUT2D eigenvalue weighted by Crippen LogP contribution is 2.16. The highest BCUT2D eigenvalue weighted by molar-refractivity contribution is 5.71. The molecule has 11 heavy (non-hydrogen) atoms. The molecule has 0 saturated carbocycles. The quantitative estimate of drug-likeness (QED) is 0.538. The summed E-state index contributed by atoms with van der Waals surface area (Å²) >= 11 is 0. The van der Waals surface area contributed by atoms with Gasteiger partial charge in [0, 0.05) is 0 Å². The molecule has 1 aliphatic rings. The highest BCUT2D eigenvalue weighted by Gasteiger charge is 2.39. The van der Waals surface area contributed by atoms with Crippen molar-refractivity contribution in [3.63, 3.8) is 0 Å². The fourth-order valence-corrected chi connectivity index (χ4v) is 0.667. The summed E-state index contributed by atoms with van der Waals surface area (Å²) in [5.74, 6) is 0. The van der Waals surface area contributed by atoms with Gasteiger partial charge in [0.15, 0.2) is 0 Å². The maximum absolute atomic E-state index is 10.8. The minimum atomic E-state index is -0.523. The molecular formula is C6H8N2O3. The van der Waals surface area contributed by atoms with Crippen LogP contribution in [0.1, 0.15) is 0 Å². The smallest absolute Gasteiger partial charge is 0.411 e. The number of amides is 1. The first kappa shape index (κ1) is 7.82. The molecule has 1 saturated heterocycles. The van der Waals surface area contributed by atoms with E-state index in [0.29, 0.717) is 6.54 Å². The Morgan fingerprint density at radius 3 is 3.09 bits per heavy atom. The third-order valence-electron chi connectivity index (χ3n) is 1.31. The zero-order chi connectivity index (χ0) is 8.27. The van der Waals surface area contributed by atoms with E-state index in [2.05, 4.69) is 4.74 Å². The van der Waals surface area contributed by atoms with Crippen LogP contribution >= 0.6 is 0 Å². The van der Waals surface area contributed by atoms with E-state index in [1.165, 1.54) is 4.90 Å². The summed E-state index contributed by atoms with van der Waals surface area (Å²) < 4.78 is 4.53. The van der Waals surface area contributed by atoms with Crippen LogP contribution in [0.15, 0.2) is 0 Å². The molecular weight excluding hydrogens is 148 g/mol. The Balaban J connectivity index is 2.19. The van der Waals surface area contributed by atoms with E-state index >= 15 is 0 Å². The van der Waals surface area contributed by atoms with Crippen LogP contribution < -0.4 is 0 Å². The molecule has 0 bridgehead atoms. The first-order chi connectivity index (χ1) is 5.29. The topological polar surface area (TPSA) is 73.3 Å². The van der Waals surface area contributed by atoms with Gasteiger partial charge in [-0.2, -0.15) is 5.26 Å². The van der Waals surface area contributed by atoms with Gasteiger partial charge in [0.05, 0.1) is 19.2 Å². The predicted molar refractivity (Wildman–Crippen MR) is 34.5 cm³/mol. The Morgan fingerprint density at radius 2 is 2.64 bits per heavy atom. The van der Waals surface area contributed by atoms with Gasteiger partial charge in [0.1, 0.15) is 12.6 Å². The normalized spacial score (nSPS) is 20.7. The second-order valence-corrected chi connectivity index (χ2v) is 2.14. The van der Waals surface area contributed by atoms with Gasteiger partial charge >= 0.3 is 6.09 Å². The minimum absolute atomic E-state index is 0.00647. The third kappa shape index (κ3) is 1.82. The van der Waals surface area contributed by atoms with Crippen molar-refractivity contribution >= 4 is 6.09 Å². The Kier molecular flexibility index (Phi) is 2.28. The van der Waals surface area contributed by atoms with E-state index in [9.17, 15) is 4.79 Å². The fourth-order valence-electron chi connectivity index (χ4n) is 0.667. The third-order valence-corrected chi connectivity index (χ3v) is 1.31. The van der Waals surface area contributed by atoms with Crippen LogP contribution in [-0.4, -0.2) is 41.9 Å². The summed E-state index contributed by atoms with van der Waals surface area (Å²) in [6.45, 7) is 0.255. The van der Waals surface area contributed by atoms with Gasteiger partial charge < -0.3 is 9.84 Å². The first-order valence-electron chi connectivity index (χ1n) is 3.23. The Bertz CT molecular complexity index is 198. The van der Waals surface area contributed by atoms with Crippen LogP contribution in [0.3, 0.4) is 0 Å². The lowest BCUT2D eigenvalue weighted by molar-refractivity contribution is 0.106. The number of carbonyl (C=O) groups is 1. The number of aliphatic hydroxyl groups is 1. The number of rotatable bonds is 2. The van der Waals surface area contributed by atoms with Gasteiger partial charge in [0.2, 0.25) is 0 Å². The van der Waals surface area contributed by atoms with Crippen LogP contribution in [0.25, 0.3) is 0 Å². The maximum Gasteiger partial charge on any atom is 0.411 e. The van der Waals surface area contributed by atoms with E-state index in [0.717, 1.165) is 0 Å². The van der Waals surface area contributed by atoms with Crippen molar-refractivity contribution in [1.82, 2.24) is 4.90 Å². The Morgan fingerprint density at radius 1 is 1.91 bits per heavy atom. The molecule has 1 amide bonds. The lowest BCUT2D eigenvalue weighted by Gasteiger charge is -2.01. The molecule has 0 aromatic carbocycles. The molecule has 0 spiro atoms. The summed E-state index contributed by atoms with van der Waals surface area (Å²) in [6.07, 6.45) is -0.523. The SMILES string of the molecule is N#CC1CN1C(=O)OCCO. The lowest BCUT2D eigenvalue weighted by atomic mass is 10.5. The molecule has 1 unspecified atom stereocenters. The largest absolute Gasteiger partial charge is 0.447 e. The molecule has 0 aromatic rings. The van der Waals surface area contributed by atoms with E-state index < -0.39 is 6.09 Å². The molecule has 0 aromatic heterocycles. The number of hydrogen-bond acceptors (Lipinski definition) is 4. The van der Waals surface area contributed by atoms with Gasteiger partial charge in [-0.3, -0.25) is 4.90 Å². The zero-order valence-electron chi connectivity index (χ0n) is 5.86. The zero-order valence-corrected chi connectivity index (χ0v) is 5.86. The molecule has 0 radical (unpaired) electrons. The van der Waals surface area contributed by atoms with Gasteiger partial charge in [-0.1, -0.05) is 0 Å². The highest BCUT2D eigenvalue weighted by atomic mass is 16.6. The molecule has 1 fully saturated rings. The summed E-state index contributed by atoms with van der Waals surface area (Å²) in [4.78, 5) is 12.1. The van der Waals surface area contributed by atoms with Crippen LogP contribution in [0.4, 0.5) is 4.79 Å². The molecule has 1 heterocycles. The molecule has 5 nitrogen and oxygen atoms in total. The Hall–Kier alpha value is -1.28. The molecule has 60 valence electrons. The second-order valence-electron chi connectivity index (χ2n) is 2.14. The molecule has 0 aliphatic carbocycles. The second kappa shape index (κ2) is 3.21. The maximum atomic E-state index is 10.8. The van der Waals surface area contributed by atoms with Crippen LogP contribution in [-0.2, 0) is 4.74 Å². The van der Waals surface area contributed by atoms with Crippen molar-refractivity contribution < 1.29 is 14.6 Å². The summed E-state index contributed by atoms with van der Waals surface area (Å²) in [6, 6.07) is 1.59. The molecule has 1 rings (SSSR count). The average Bonchev–Trinajstić information content (AvgIpc) is 2.78. The molecule has 1 N–H and O–H groups in total. The van der Waals surface area contributed by atoms with Gasteiger partial charge in [-0.25, -0.2) is 4.79 Å². The molecule has 5 heteroatoms. The number of nitriles is 1. The summed E-state index contributed by atoms with van der Waals surface area (Å²) in [5.41, 5.74) is 0. The number of ether oxygens (including phenoxy) is 1. The predicted octanol–water partition coefficient (Wildman–Crippen LogP) is -0.677. The van der Waals surface area contributed by atoms with Crippen molar-refractivity contribution in [2.75, 3.05) is 19.8 Å². The van der Waals surface area contributed by atoms with Crippen LogP contribution in [0.5, 0.6) is 0 Å². The van der Waals surface area contributed by atoms with Crippen molar-refractivity contribution in [3.8, 4) is 6.07 Å². The fraction of sp³-hybridized carbons (Fsp3) is 0.667. The minimum Gasteiger partial charge on any atom is -0.447 e. The van der Waals surface area contributed by atoms with Crippen molar-refractivity contribution in [2.24, 2.45) is 0 Å². The van der Waals surface area contributed by atoms with Gasteiger partial charge in [-0.05, 0) is 0 Å². The summed E-state index contributed by atoms with van der Waals surface area (Å²) in [7, 11) is 0. The molecule has 1 aliphatic heterocycles. The van der Waals surface area contributed by atoms with E-state index in [1.807, 2.05) is 6.07 Å². The first-order valence-corrected chi connectivity index (χ1v) is 3.23. The standard InChI is InChI=1S/C6H8N2O3/c7-3-5-4-8(5)6(10)11-2-1-9/h5,9H,1-2,4H2. The van der Waals surface area contributed by atoms with E-state index in [1.54, 1.807) is 0 Å². The van der Waals surface area contributed by atoms with Gasteiger partial charge in [-0.15, -0.1) is 0 Å². The Labute approximate surface area is 63.8 Å².